The van der Waals surface area contributed by atoms with Crippen molar-refractivity contribution in [3.05, 3.63) is 12.2 Å². The van der Waals surface area contributed by atoms with Crippen LogP contribution in [-0.2, 0) is 9.59 Å². The van der Waals surface area contributed by atoms with E-state index in [1.54, 1.807) is 0 Å². The van der Waals surface area contributed by atoms with Crippen LogP contribution in [0, 0.1) is 10.8 Å². The maximum Gasteiger partial charge on any atom is 0.158 e. The number of rotatable bonds is 10. The minimum atomic E-state index is -0.527. The van der Waals surface area contributed by atoms with E-state index in [4.69, 9.17) is 0 Å². The van der Waals surface area contributed by atoms with Gasteiger partial charge in [-0.2, -0.15) is 0 Å². The summed E-state index contributed by atoms with van der Waals surface area (Å²) < 4.78 is 0. The molecule has 0 saturated carbocycles. The number of nitrogens with zero attached hydrogens (tertiary/aromatic N) is 1. The zero-order chi connectivity index (χ0) is 27.5. The Morgan fingerprint density at radius 2 is 1.40 bits per heavy atom. The number of nitrogens with one attached hydrogen (secondary N) is 1. The Morgan fingerprint density at radius 3 is 1.86 bits per heavy atom. The molecule has 0 aromatic heterocycles. The molecule has 1 aliphatic heterocycles. The first-order chi connectivity index (χ1) is 15.6. The summed E-state index contributed by atoms with van der Waals surface area (Å²) in [6, 6.07) is 0. The van der Waals surface area contributed by atoms with Crippen molar-refractivity contribution in [1.82, 2.24) is 10.2 Å². The molecule has 0 aromatic rings. The number of hydrogen-bond donors (Lipinski definition) is 1. The lowest BCUT2D eigenvalue weighted by Gasteiger charge is -2.47. The van der Waals surface area contributed by atoms with E-state index in [0.29, 0.717) is 5.78 Å². The molecule has 0 aromatic carbocycles. The molecule has 2 atom stereocenters. The van der Waals surface area contributed by atoms with Gasteiger partial charge in [0.05, 0.1) is 11.1 Å². The van der Waals surface area contributed by atoms with Crippen molar-refractivity contribution in [3.63, 3.8) is 0 Å². The van der Waals surface area contributed by atoms with Crippen molar-refractivity contribution in [3.8, 4) is 0 Å². The number of hydrogen-bond acceptors (Lipinski definition) is 4. The highest BCUT2D eigenvalue weighted by molar-refractivity contribution is 5.93. The Balaban J connectivity index is 2.84. The van der Waals surface area contributed by atoms with E-state index >= 15 is 0 Å². The average Bonchev–Trinajstić information content (AvgIpc) is 3.08. The van der Waals surface area contributed by atoms with Crippen LogP contribution >= 0.6 is 0 Å². The summed E-state index contributed by atoms with van der Waals surface area (Å²) in [6.07, 6.45) is 11.2. The molecule has 0 unspecified atom stereocenters. The Kier molecular flexibility index (Phi) is 10.2. The highest BCUT2D eigenvalue weighted by Crippen LogP contribution is 2.43. The largest absolute Gasteiger partial charge is 0.300 e. The van der Waals surface area contributed by atoms with Gasteiger partial charge in [0.25, 0.3) is 0 Å². The summed E-state index contributed by atoms with van der Waals surface area (Å²) in [5.74, 6) is 0.647. The number of likely N-dealkylation sites (tertiary alicyclic amines) is 1. The van der Waals surface area contributed by atoms with Crippen LogP contribution in [0.3, 0.4) is 0 Å². The first kappa shape index (κ1) is 32.0. The van der Waals surface area contributed by atoms with Gasteiger partial charge in [-0.3, -0.25) is 14.5 Å². The Hall–Kier alpha value is -1.00. The molecule has 0 amide bonds. The van der Waals surface area contributed by atoms with Crippen LogP contribution in [0.5, 0.6) is 0 Å². The van der Waals surface area contributed by atoms with Crippen molar-refractivity contribution in [1.29, 1.82) is 0 Å². The first-order valence-electron chi connectivity index (χ1n) is 13.9. The van der Waals surface area contributed by atoms with Crippen LogP contribution in [0.4, 0.5) is 0 Å². The maximum absolute atomic E-state index is 13.7. The predicted octanol–water partition coefficient (Wildman–Crippen LogP) is 7.50. The van der Waals surface area contributed by atoms with Gasteiger partial charge in [0.15, 0.2) is 11.6 Å². The molecule has 0 bridgehead atoms. The zero-order valence-corrected chi connectivity index (χ0v) is 25.6. The highest BCUT2D eigenvalue weighted by Gasteiger charge is 2.52. The van der Waals surface area contributed by atoms with Crippen LogP contribution in [0.15, 0.2) is 12.2 Å². The summed E-state index contributed by atoms with van der Waals surface area (Å²) in [5.41, 5.74) is -1.81. The zero-order valence-electron chi connectivity index (χ0n) is 25.6. The highest BCUT2D eigenvalue weighted by atomic mass is 16.1. The van der Waals surface area contributed by atoms with E-state index in [0.717, 1.165) is 51.5 Å². The molecule has 4 heteroatoms. The van der Waals surface area contributed by atoms with Crippen LogP contribution in [0.1, 0.15) is 135 Å². The second-order valence-electron chi connectivity index (χ2n) is 15.2. The molecule has 1 heterocycles. The van der Waals surface area contributed by atoms with Gasteiger partial charge in [0, 0.05) is 21.9 Å². The Morgan fingerprint density at radius 1 is 0.829 bits per heavy atom. The van der Waals surface area contributed by atoms with Gasteiger partial charge >= 0.3 is 0 Å². The third kappa shape index (κ3) is 8.81. The molecular weight excluding hydrogens is 432 g/mol. The molecule has 1 saturated heterocycles. The van der Waals surface area contributed by atoms with Gasteiger partial charge < -0.3 is 5.32 Å². The van der Waals surface area contributed by atoms with E-state index in [2.05, 4.69) is 91.6 Å². The number of carbonyl (C=O) groups excluding carboxylic acids is 2. The molecule has 1 fully saturated rings. The third-order valence-electron chi connectivity index (χ3n) is 7.16. The van der Waals surface area contributed by atoms with E-state index in [1.807, 2.05) is 20.8 Å². The minimum Gasteiger partial charge on any atom is -0.300 e. The minimum absolute atomic E-state index is 0.0324. The average molecular weight is 491 g/mol. The quantitative estimate of drug-likeness (QED) is 0.254. The predicted molar refractivity (Wildman–Crippen MR) is 151 cm³/mol. The Bertz CT molecular complexity index is 755. The lowest BCUT2D eigenvalue weighted by atomic mass is 9.73. The number of Topliss-reactive ketones (excluding diaryl/α,β-unsaturated/α-hetero) is 2. The summed E-state index contributed by atoms with van der Waals surface area (Å²) in [6.45, 7) is 28.3. The summed E-state index contributed by atoms with van der Waals surface area (Å²) in [4.78, 5) is 29.4. The Labute approximate surface area is 218 Å². The van der Waals surface area contributed by atoms with Crippen molar-refractivity contribution in [2.75, 3.05) is 6.54 Å². The summed E-state index contributed by atoms with van der Waals surface area (Å²) >= 11 is 0. The number of carbonyl (C=O) groups is 2. The standard InChI is InChI=1S/C31H58N2O2/c1-26(2,3)24(34)30(13,32-28(7,8)9)20-17-15-14-16-18-21-31(25(35)27(4,5)6)22-19-23-33(31)29(10,11)12/h16,18,32H,14-15,17,19-23H2,1-13H3/b18-16+/t30-,31-/m0/s1. The van der Waals surface area contributed by atoms with Gasteiger partial charge in [-0.25, -0.2) is 0 Å². The summed E-state index contributed by atoms with van der Waals surface area (Å²) in [5, 5.41) is 3.62. The van der Waals surface area contributed by atoms with Crippen LogP contribution in [-0.4, -0.2) is 45.2 Å². The topological polar surface area (TPSA) is 49.4 Å². The molecule has 1 rings (SSSR count). The normalized spacial score (nSPS) is 22.5. The summed E-state index contributed by atoms with van der Waals surface area (Å²) in [7, 11) is 0. The van der Waals surface area contributed by atoms with Gasteiger partial charge in [0.1, 0.15) is 0 Å². The van der Waals surface area contributed by atoms with Crippen LogP contribution in [0.2, 0.25) is 0 Å². The fourth-order valence-electron chi connectivity index (χ4n) is 6.12. The number of unbranched alkanes of at least 4 members (excludes halogenated alkanes) is 2. The van der Waals surface area contributed by atoms with Gasteiger partial charge in [-0.15, -0.1) is 0 Å². The van der Waals surface area contributed by atoms with E-state index in [9.17, 15) is 9.59 Å². The monoisotopic (exact) mass is 490 g/mol. The van der Waals surface area contributed by atoms with Gasteiger partial charge in [0.2, 0.25) is 0 Å². The molecule has 1 N–H and O–H groups in total. The molecule has 0 spiro atoms. The third-order valence-corrected chi connectivity index (χ3v) is 7.16. The van der Waals surface area contributed by atoms with E-state index in [-0.39, 0.29) is 27.7 Å². The van der Waals surface area contributed by atoms with Crippen LogP contribution < -0.4 is 5.32 Å². The molecule has 1 aliphatic rings. The molecule has 4 nitrogen and oxygen atoms in total. The number of ketones is 2. The maximum atomic E-state index is 13.7. The van der Waals surface area contributed by atoms with E-state index in [1.165, 1.54) is 0 Å². The molecule has 204 valence electrons. The van der Waals surface area contributed by atoms with E-state index < -0.39 is 11.1 Å². The van der Waals surface area contributed by atoms with Gasteiger partial charge in [-0.1, -0.05) is 60.1 Å². The molecule has 35 heavy (non-hydrogen) atoms. The fraction of sp³-hybridized carbons (Fsp3) is 0.871. The lowest BCUT2D eigenvalue weighted by Crippen LogP contribution is -2.60. The van der Waals surface area contributed by atoms with Crippen molar-refractivity contribution in [2.45, 2.75) is 157 Å². The second-order valence-corrected chi connectivity index (χ2v) is 15.2. The van der Waals surface area contributed by atoms with Crippen LogP contribution in [0.25, 0.3) is 0 Å². The SMILES string of the molecule is CC(C)(C)N[C@@](C)(CCCC/C=C/C[C@@]1(C(=O)C(C)(C)C)CCCN1C(C)(C)C)C(=O)C(C)(C)C. The molecule has 0 aliphatic carbocycles. The van der Waals surface area contributed by atoms with Gasteiger partial charge in [-0.05, 0) is 93.5 Å². The van der Waals surface area contributed by atoms with Crippen molar-refractivity contribution < 1.29 is 9.59 Å². The fourth-order valence-corrected chi connectivity index (χ4v) is 6.12. The van der Waals surface area contributed by atoms with Crippen molar-refractivity contribution >= 4 is 11.6 Å². The smallest absolute Gasteiger partial charge is 0.158 e. The molecule has 0 radical (unpaired) electrons. The lowest BCUT2D eigenvalue weighted by molar-refractivity contribution is -0.140. The second kappa shape index (κ2) is 11.2. The first-order valence-corrected chi connectivity index (χ1v) is 13.9. The van der Waals surface area contributed by atoms with Crippen molar-refractivity contribution in [2.24, 2.45) is 10.8 Å². The molecular formula is C31H58N2O2. The number of allylic oxidation sites excluding steroid dienone is 1.